The molecule has 0 amide bonds. The second-order valence-corrected chi connectivity index (χ2v) is 3.90. The molecule has 0 N–H and O–H groups in total. The van der Waals surface area contributed by atoms with Gasteiger partial charge >= 0.3 is 0 Å². The number of piperazine rings is 1. The minimum Gasteiger partial charge on any atom is -0.350 e. The molecule has 1 aliphatic rings. The maximum absolute atomic E-state index is 2.38. The van der Waals surface area contributed by atoms with E-state index in [0.29, 0.717) is 0 Å². The molecular formula is C12H22N2. The Morgan fingerprint density at radius 2 is 2.14 bits per heavy atom. The number of hydrogen-bond acceptors (Lipinski definition) is 2. The lowest BCUT2D eigenvalue weighted by atomic mass is 10.2. The standard InChI is InChI=1S/C12H22N2/c1-4-6-7-12-11-13(3)9-10-14(12)8-5-2/h5,7-8H,4,6,9-11H2,1-3H3/b8-5-,12-7+. The highest BCUT2D eigenvalue weighted by Gasteiger charge is 2.15. The van der Waals surface area contributed by atoms with Gasteiger partial charge in [0.15, 0.2) is 0 Å². The number of allylic oxidation sites excluding steroid dienone is 2. The molecule has 0 aromatic rings. The molecule has 1 rings (SSSR count). The van der Waals surface area contributed by atoms with Crippen molar-refractivity contribution in [2.24, 2.45) is 0 Å². The summed E-state index contributed by atoms with van der Waals surface area (Å²) in [7, 11) is 2.19. The Morgan fingerprint density at radius 1 is 1.36 bits per heavy atom. The van der Waals surface area contributed by atoms with Gasteiger partial charge in [-0.15, -0.1) is 0 Å². The molecular weight excluding hydrogens is 172 g/mol. The van der Waals surface area contributed by atoms with Gasteiger partial charge in [-0.3, -0.25) is 4.90 Å². The van der Waals surface area contributed by atoms with Crippen molar-refractivity contribution in [1.29, 1.82) is 0 Å². The van der Waals surface area contributed by atoms with Gasteiger partial charge in [0, 0.05) is 25.3 Å². The summed E-state index contributed by atoms with van der Waals surface area (Å²) in [5, 5.41) is 0. The van der Waals surface area contributed by atoms with Crippen LogP contribution < -0.4 is 0 Å². The highest BCUT2D eigenvalue weighted by Crippen LogP contribution is 2.13. The molecule has 14 heavy (non-hydrogen) atoms. The third kappa shape index (κ3) is 3.18. The summed E-state index contributed by atoms with van der Waals surface area (Å²) in [5.74, 6) is 0. The lowest BCUT2D eigenvalue weighted by molar-refractivity contribution is 0.244. The highest BCUT2D eigenvalue weighted by atomic mass is 15.2. The predicted molar refractivity (Wildman–Crippen MR) is 62.0 cm³/mol. The zero-order chi connectivity index (χ0) is 10.4. The zero-order valence-corrected chi connectivity index (χ0v) is 9.66. The number of rotatable bonds is 3. The van der Waals surface area contributed by atoms with Crippen molar-refractivity contribution in [3.05, 3.63) is 24.0 Å². The molecule has 0 spiro atoms. The summed E-state index contributed by atoms with van der Waals surface area (Å²) in [4.78, 5) is 4.75. The summed E-state index contributed by atoms with van der Waals surface area (Å²) in [6.07, 6.45) is 9.10. The lowest BCUT2D eigenvalue weighted by Crippen LogP contribution is -2.40. The van der Waals surface area contributed by atoms with Crippen LogP contribution in [-0.2, 0) is 0 Å². The normalized spacial score (nSPS) is 22.5. The van der Waals surface area contributed by atoms with Crippen molar-refractivity contribution >= 4 is 0 Å². The third-order valence-electron chi connectivity index (χ3n) is 2.52. The predicted octanol–water partition coefficient (Wildman–Crippen LogP) is 2.45. The van der Waals surface area contributed by atoms with E-state index in [4.69, 9.17) is 0 Å². The van der Waals surface area contributed by atoms with Gasteiger partial charge in [-0.2, -0.15) is 0 Å². The van der Waals surface area contributed by atoms with Gasteiger partial charge < -0.3 is 4.90 Å². The minimum atomic E-state index is 1.09. The van der Waals surface area contributed by atoms with Crippen LogP contribution in [0, 0.1) is 0 Å². The Kier molecular flexibility index (Phi) is 4.74. The number of nitrogens with zero attached hydrogens (tertiary/aromatic N) is 2. The van der Waals surface area contributed by atoms with Crippen LogP contribution in [0.25, 0.3) is 0 Å². The Labute approximate surface area is 87.9 Å². The fraction of sp³-hybridized carbons (Fsp3) is 0.667. The van der Waals surface area contributed by atoms with Crippen molar-refractivity contribution in [3.8, 4) is 0 Å². The van der Waals surface area contributed by atoms with Crippen LogP contribution in [-0.4, -0.2) is 36.5 Å². The molecule has 2 nitrogen and oxygen atoms in total. The molecule has 1 heterocycles. The third-order valence-corrected chi connectivity index (χ3v) is 2.52. The smallest absolute Gasteiger partial charge is 0.0381 e. The van der Waals surface area contributed by atoms with Crippen molar-refractivity contribution in [3.63, 3.8) is 0 Å². The fourth-order valence-electron chi connectivity index (χ4n) is 1.71. The van der Waals surface area contributed by atoms with Crippen molar-refractivity contribution < 1.29 is 0 Å². The van der Waals surface area contributed by atoms with E-state index >= 15 is 0 Å². The molecule has 0 aliphatic carbocycles. The Bertz CT molecular complexity index is 218. The molecule has 1 saturated heterocycles. The van der Waals surface area contributed by atoms with Crippen LogP contribution in [0.1, 0.15) is 26.7 Å². The van der Waals surface area contributed by atoms with E-state index in [1.54, 1.807) is 0 Å². The summed E-state index contributed by atoms with van der Waals surface area (Å²) in [6, 6.07) is 0. The van der Waals surface area contributed by atoms with Crippen LogP contribution in [0.4, 0.5) is 0 Å². The first-order chi connectivity index (χ1) is 6.77. The van der Waals surface area contributed by atoms with Crippen LogP contribution >= 0.6 is 0 Å². The first-order valence-electron chi connectivity index (χ1n) is 5.55. The van der Waals surface area contributed by atoms with Crippen LogP contribution in [0.5, 0.6) is 0 Å². The zero-order valence-electron chi connectivity index (χ0n) is 9.66. The van der Waals surface area contributed by atoms with E-state index in [1.807, 2.05) is 0 Å². The van der Waals surface area contributed by atoms with E-state index in [1.165, 1.54) is 18.5 Å². The maximum atomic E-state index is 2.38. The second-order valence-electron chi connectivity index (χ2n) is 3.90. The van der Waals surface area contributed by atoms with Gasteiger partial charge in [0.05, 0.1) is 0 Å². The van der Waals surface area contributed by atoms with Crippen LogP contribution in [0.2, 0.25) is 0 Å². The van der Waals surface area contributed by atoms with Gasteiger partial charge in [0.1, 0.15) is 0 Å². The molecule has 0 bridgehead atoms. The van der Waals surface area contributed by atoms with Crippen molar-refractivity contribution in [2.75, 3.05) is 26.7 Å². The van der Waals surface area contributed by atoms with Gasteiger partial charge in [-0.25, -0.2) is 0 Å². The molecule has 0 aromatic carbocycles. The van der Waals surface area contributed by atoms with Crippen LogP contribution in [0.3, 0.4) is 0 Å². The van der Waals surface area contributed by atoms with Crippen molar-refractivity contribution in [2.45, 2.75) is 26.7 Å². The number of likely N-dealkylation sites (N-methyl/N-ethyl adjacent to an activating group) is 1. The molecule has 0 atom stereocenters. The van der Waals surface area contributed by atoms with Crippen LogP contribution in [0.15, 0.2) is 24.0 Å². The van der Waals surface area contributed by atoms with E-state index in [2.05, 4.69) is 49.0 Å². The summed E-state index contributed by atoms with van der Waals surface area (Å²) in [5.41, 5.74) is 1.46. The average molecular weight is 194 g/mol. The fourth-order valence-corrected chi connectivity index (χ4v) is 1.71. The van der Waals surface area contributed by atoms with E-state index in [9.17, 15) is 0 Å². The Hall–Kier alpha value is -0.760. The quantitative estimate of drug-likeness (QED) is 0.681. The number of unbranched alkanes of at least 4 members (excludes halogenated alkanes) is 1. The monoisotopic (exact) mass is 194 g/mol. The SMILES string of the molecule is C/C=C\N1CCN(C)C/C1=C\CCC. The minimum absolute atomic E-state index is 1.09. The van der Waals surface area contributed by atoms with Gasteiger partial charge in [0.25, 0.3) is 0 Å². The van der Waals surface area contributed by atoms with E-state index in [-0.39, 0.29) is 0 Å². The van der Waals surface area contributed by atoms with Gasteiger partial charge in [0.2, 0.25) is 0 Å². The van der Waals surface area contributed by atoms with Gasteiger partial charge in [-0.05, 0) is 26.6 Å². The Balaban J connectivity index is 2.63. The molecule has 0 radical (unpaired) electrons. The molecule has 0 saturated carbocycles. The summed E-state index contributed by atoms with van der Waals surface area (Å²) < 4.78 is 0. The van der Waals surface area contributed by atoms with Crippen molar-refractivity contribution in [1.82, 2.24) is 9.80 Å². The maximum Gasteiger partial charge on any atom is 0.0381 e. The van der Waals surface area contributed by atoms with E-state index in [0.717, 1.165) is 19.6 Å². The summed E-state index contributed by atoms with van der Waals surface area (Å²) >= 11 is 0. The van der Waals surface area contributed by atoms with E-state index < -0.39 is 0 Å². The average Bonchev–Trinajstić information content (AvgIpc) is 2.18. The second kappa shape index (κ2) is 5.86. The molecule has 0 unspecified atom stereocenters. The molecule has 80 valence electrons. The first kappa shape index (κ1) is 11.3. The Morgan fingerprint density at radius 3 is 2.79 bits per heavy atom. The molecule has 2 heteroatoms. The lowest BCUT2D eigenvalue weighted by Gasteiger charge is -2.34. The highest BCUT2D eigenvalue weighted by molar-refractivity contribution is 5.10. The molecule has 0 aromatic heterocycles. The molecule has 1 fully saturated rings. The first-order valence-corrected chi connectivity index (χ1v) is 5.55. The number of hydrogen-bond donors (Lipinski definition) is 0. The topological polar surface area (TPSA) is 6.48 Å². The summed E-state index contributed by atoms with van der Waals surface area (Å²) in [6.45, 7) is 7.67. The largest absolute Gasteiger partial charge is 0.350 e. The van der Waals surface area contributed by atoms with Gasteiger partial charge in [-0.1, -0.05) is 25.5 Å². The molecule has 1 aliphatic heterocycles.